The van der Waals surface area contributed by atoms with Crippen LogP contribution in [0.2, 0.25) is 0 Å². The van der Waals surface area contributed by atoms with Crippen molar-refractivity contribution in [2.24, 2.45) is 0 Å². The smallest absolute Gasteiger partial charge is 0.237 e. The largest absolute Gasteiger partial charge is 0.338 e. The van der Waals surface area contributed by atoms with E-state index in [0.29, 0.717) is 29.9 Å². The van der Waals surface area contributed by atoms with Gasteiger partial charge in [-0.05, 0) is 18.4 Å². The van der Waals surface area contributed by atoms with E-state index in [1.807, 2.05) is 29.7 Å². The van der Waals surface area contributed by atoms with Gasteiger partial charge in [-0.1, -0.05) is 61.1 Å². The fourth-order valence-corrected chi connectivity index (χ4v) is 3.21. The van der Waals surface area contributed by atoms with E-state index in [-0.39, 0.29) is 0 Å². The third-order valence-corrected chi connectivity index (χ3v) is 4.79. The molecular formula is C18H21N5OS. The second-order valence-electron chi connectivity index (χ2n) is 6.01. The molecule has 0 aliphatic rings. The van der Waals surface area contributed by atoms with E-state index < -0.39 is 0 Å². The summed E-state index contributed by atoms with van der Waals surface area (Å²) in [7, 11) is 0. The Morgan fingerprint density at radius 1 is 1.24 bits per heavy atom. The van der Waals surface area contributed by atoms with E-state index in [0.717, 1.165) is 16.5 Å². The Balaban J connectivity index is 1.69. The second-order valence-corrected chi connectivity index (χ2v) is 6.95. The molecule has 25 heavy (non-hydrogen) atoms. The molecule has 0 atom stereocenters. The molecule has 0 fully saturated rings. The van der Waals surface area contributed by atoms with Crippen molar-refractivity contribution in [3.8, 4) is 11.4 Å². The Kier molecular flexibility index (Phi) is 5.33. The van der Waals surface area contributed by atoms with Crippen LogP contribution in [0.5, 0.6) is 0 Å². The van der Waals surface area contributed by atoms with Crippen LogP contribution >= 0.6 is 11.8 Å². The molecule has 0 radical (unpaired) electrons. The van der Waals surface area contributed by atoms with Crippen LogP contribution in [0.25, 0.3) is 11.4 Å². The summed E-state index contributed by atoms with van der Waals surface area (Å²) in [4.78, 5) is 4.48. The number of allylic oxidation sites excluding steroid dienone is 1. The predicted molar refractivity (Wildman–Crippen MR) is 98.3 cm³/mol. The number of nitrogens with zero attached hydrogens (tertiary/aromatic N) is 5. The Bertz CT molecular complexity index is 851. The highest BCUT2D eigenvalue weighted by Gasteiger charge is 2.13. The zero-order valence-corrected chi connectivity index (χ0v) is 15.5. The van der Waals surface area contributed by atoms with Gasteiger partial charge in [0.1, 0.15) is 5.82 Å². The number of rotatable bonds is 7. The molecule has 0 amide bonds. The van der Waals surface area contributed by atoms with Gasteiger partial charge >= 0.3 is 0 Å². The maximum absolute atomic E-state index is 5.37. The van der Waals surface area contributed by atoms with E-state index in [1.165, 1.54) is 17.3 Å². The summed E-state index contributed by atoms with van der Waals surface area (Å²) in [5.41, 5.74) is 2.25. The van der Waals surface area contributed by atoms with E-state index in [2.05, 4.69) is 52.9 Å². The number of benzene rings is 1. The molecule has 0 aliphatic carbocycles. The Hall–Kier alpha value is -2.41. The van der Waals surface area contributed by atoms with Crippen LogP contribution in [0, 0.1) is 6.92 Å². The second kappa shape index (κ2) is 7.65. The van der Waals surface area contributed by atoms with Gasteiger partial charge in [0.2, 0.25) is 11.7 Å². The van der Waals surface area contributed by atoms with Gasteiger partial charge < -0.3 is 9.09 Å². The summed E-state index contributed by atoms with van der Waals surface area (Å²) in [5, 5.41) is 13.2. The molecule has 6 nitrogen and oxygen atoms in total. The molecule has 3 rings (SSSR count). The summed E-state index contributed by atoms with van der Waals surface area (Å²) in [6.07, 6.45) is 1.83. The first-order valence-corrected chi connectivity index (χ1v) is 9.13. The highest BCUT2D eigenvalue weighted by atomic mass is 32.2. The quantitative estimate of drug-likeness (QED) is 0.466. The normalized spacial score (nSPS) is 11.2. The summed E-state index contributed by atoms with van der Waals surface area (Å²) >= 11 is 1.52. The lowest BCUT2D eigenvalue weighted by Crippen LogP contribution is -2.00. The summed E-state index contributed by atoms with van der Waals surface area (Å²) < 4.78 is 7.37. The molecule has 0 aliphatic heterocycles. The van der Waals surface area contributed by atoms with E-state index in [4.69, 9.17) is 4.52 Å². The average Bonchev–Trinajstić information content (AvgIpc) is 3.21. The minimum Gasteiger partial charge on any atom is -0.338 e. The highest BCUT2D eigenvalue weighted by Crippen LogP contribution is 2.24. The third-order valence-electron chi connectivity index (χ3n) is 3.84. The molecule has 2 heterocycles. The van der Waals surface area contributed by atoms with Crippen LogP contribution in [-0.2, 0) is 12.3 Å². The molecule has 130 valence electrons. The van der Waals surface area contributed by atoms with Crippen LogP contribution in [0.3, 0.4) is 0 Å². The topological polar surface area (TPSA) is 69.6 Å². The molecule has 0 unspecified atom stereocenters. The minimum atomic E-state index is 0.502. The molecular weight excluding hydrogens is 334 g/mol. The van der Waals surface area contributed by atoms with Gasteiger partial charge in [-0.25, -0.2) is 0 Å². The first-order valence-electron chi connectivity index (χ1n) is 8.15. The number of hydrogen-bond acceptors (Lipinski definition) is 6. The van der Waals surface area contributed by atoms with Crippen LogP contribution in [0.1, 0.15) is 37.0 Å². The van der Waals surface area contributed by atoms with Gasteiger partial charge in [-0.2, -0.15) is 4.98 Å². The lowest BCUT2D eigenvalue weighted by Gasteiger charge is -2.04. The van der Waals surface area contributed by atoms with Gasteiger partial charge in [0, 0.05) is 12.1 Å². The first kappa shape index (κ1) is 17.4. The van der Waals surface area contributed by atoms with Gasteiger partial charge in [0.05, 0.1) is 5.75 Å². The fourth-order valence-electron chi connectivity index (χ4n) is 2.38. The van der Waals surface area contributed by atoms with Gasteiger partial charge in [0.15, 0.2) is 5.16 Å². The maximum Gasteiger partial charge on any atom is 0.237 e. The van der Waals surface area contributed by atoms with E-state index in [1.54, 1.807) is 0 Å². The molecule has 0 bridgehead atoms. The van der Waals surface area contributed by atoms with Crippen LogP contribution in [0.4, 0.5) is 0 Å². The van der Waals surface area contributed by atoms with Crippen molar-refractivity contribution in [2.75, 3.05) is 0 Å². The zero-order chi connectivity index (χ0) is 17.8. The minimum absolute atomic E-state index is 0.502. The molecule has 3 aromatic rings. The van der Waals surface area contributed by atoms with Crippen molar-refractivity contribution in [1.29, 1.82) is 0 Å². The van der Waals surface area contributed by atoms with Crippen molar-refractivity contribution in [1.82, 2.24) is 24.9 Å². The van der Waals surface area contributed by atoms with Crippen molar-refractivity contribution in [3.63, 3.8) is 0 Å². The molecule has 0 saturated heterocycles. The zero-order valence-electron chi connectivity index (χ0n) is 14.6. The van der Waals surface area contributed by atoms with Gasteiger partial charge in [0.25, 0.3) is 0 Å². The number of aryl methyl sites for hydroxylation is 1. The summed E-state index contributed by atoms with van der Waals surface area (Å²) in [6, 6.07) is 8.26. The number of hydrogen-bond donors (Lipinski definition) is 0. The lowest BCUT2D eigenvalue weighted by atomic mass is 10.0. The number of aromatic nitrogens is 5. The molecule has 0 N–H and O–H groups in total. The average molecular weight is 355 g/mol. The van der Waals surface area contributed by atoms with Crippen LogP contribution in [0.15, 0.2) is 46.6 Å². The Labute approximate surface area is 151 Å². The Morgan fingerprint density at radius 2 is 2.00 bits per heavy atom. The predicted octanol–water partition coefficient (Wildman–Crippen LogP) is 4.24. The Morgan fingerprint density at radius 3 is 2.68 bits per heavy atom. The molecule has 2 aromatic heterocycles. The highest BCUT2D eigenvalue weighted by molar-refractivity contribution is 7.98. The van der Waals surface area contributed by atoms with Crippen molar-refractivity contribution >= 4 is 11.8 Å². The number of thioether (sulfide) groups is 1. The van der Waals surface area contributed by atoms with Crippen molar-refractivity contribution < 1.29 is 4.52 Å². The van der Waals surface area contributed by atoms with Crippen molar-refractivity contribution in [2.45, 2.75) is 44.1 Å². The fraction of sp³-hybridized carbons (Fsp3) is 0.333. The van der Waals surface area contributed by atoms with Gasteiger partial charge in [-0.15, -0.1) is 16.8 Å². The van der Waals surface area contributed by atoms with Crippen LogP contribution in [-0.4, -0.2) is 24.9 Å². The molecule has 7 heteroatoms. The molecule has 0 spiro atoms. The standard InChI is InChI=1S/C18H21N5OS/c1-5-10-23-13(4)20-21-18(23)25-11-16-19-17(22-24-16)15-8-6-14(7-9-15)12(2)3/h5-9,12H,1,10-11H2,2-4H3. The first-order chi connectivity index (χ1) is 12.1. The maximum atomic E-state index is 5.37. The third kappa shape index (κ3) is 3.99. The SMILES string of the molecule is C=CCn1c(C)nnc1SCc1nc(-c2ccc(C(C)C)cc2)no1. The summed E-state index contributed by atoms with van der Waals surface area (Å²) in [5.74, 6) is 3.08. The van der Waals surface area contributed by atoms with E-state index >= 15 is 0 Å². The monoisotopic (exact) mass is 355 g/mol. The molecule has 0 saturated carbocycles. The van der Waals surface area contributed by atoms with Gasteiger partial charge in [-0.3, -0.25) is 0 Å². The summed E-state index contributed by atoms with van der Waals surface area (Å²) in [6.45, 7) is 10.7. The van der Waals surface area contributed by atoms with E-state index in [9.17, 15) is 0 Å². The van der Waals surface area contributed by atoms with Crippen LogP contribution < -0.4 is 0 Å². The van der Waals surface area contributed by atoms with Crippen molar-refractivity contribution in [3.05, 3.63) is 54.2 Å². The molecule has 1 aromatic carbocycles. The lowest BCUT2D eigenvalue weighted by molar-refractivity contribution is 0.391.